The number of nitrogens with one attached hydrogen (secondary N) is 2. The first-order valence-corrected chi connectivity index (χ1v) is 9.35. The van der Waals surface area contributed by atoms with E-state index < -0.39 is 6.10 Å². The molecule has 5 N–H and O–H groups in total. The van der Waals surface area contributed by atoms with E-state index in [0.29, 0.717) is 12.3 Å². The van der Waals surface area contributed by atoms with Crippen LogP contribution in [0.5, 0.6) is 17.2 Å². The molecule has 1 heterocycles. The van der Waals surface area contributed by atoms with Gasteiger partial charge in [0.05, 0.1) is 5.56 Å². The summed E-state index contributed by atoms with van der Waals surface area (Å²) < 4.78 is 5.53. The maximum Gasteiger partial charge on any atom is 0.137 e. The summed E-state index contributed by atoms with van der Waals surface area (Å²) in [5, 5.41) is 42.8. The molecule has 0 amide bonds. The van der Waals surface area contributed by atoms with Crippen molar-refractivity contribution in [2.75, 3.05) is 13.2 Å². The number of aliphatic hydroxyl groups excluding tert-OH is 1. The number of hydrogen-bond donors (Lipinski definition) is 5. The van der Waals surface area contributed by atoms with Crippen molar-refractivity contribution in [3.63, 3.8) is 0 Å². The fraction of sp³-hybridized carbons (Fsp3) is 0.318. The van der Waals surface area contributed by atoms with Gasteiger partial charge in [0, 0.05) is 41.3 Å². The van der Waals surface area contributed by atoms with Crippen molar-refractivity contribution in [3.05, 3.63) is 53.7 Å². The quantitative estimate of drug-likeness (QED) is 0.400. The number of aliphatic hydroxyl groups is 1. The Morgan fingerprint density at radius 2 is 1.90 bits per heavy atom. The molecule has 3 rings (SSSR count). The molecule has 7 heteroatoms. The van der Waals surface area contributed by atoms with Crippen LogP contribution in [0.1, 0.15) is 25.0 Å². The molecule has 0 aliphatic heterocycles. The Morgan fingerprint density at radius 1 is 1.17 bits per heavy atom. The van der Waals surface area contributed by atoms with Crippen LogP contribution in [0.15, 0.2) is 42.6 Å². The first kappa shape index (κ1) is 20.5. The number of benzene rings is 2. The van der Waals surface area contributed by atoms with Crippen LogP contribution in [0.3, 0.4) is 0 Å². The molecule has 3 aromatic rings. The predicted octanol–water partition coefficient (Wildman–Crippen LogP) is 2.80. The van der Waals surface area contributed by atoms with Crippen LogP contribution < -0.4 is 10.1 Å². The molecule has 0 aliphatic rings. The Balaban J connectivity index is 1.55. The van der Waals surface area contributed by atoms with Crippen molar-refractivity contribution in [2.24, 2.45) is 0 Å². The van der Waals surface area contributed by atoms with Crippen molar-refractivity contribution in [1.29, 1.82) is 5.26 Å². The molecule has 0 spiro atoms. The fourth-order valence-electron chi connectivity index (χ4n) is 3.23. The van der Waals surface area contributed by atoms with Gasteiger partial charge in [-0.1, -0.05) is 0 Å². The highest BCUT2D eigenvalue weighted by Crippen LogP contribution is 2.26. The number of nitriles is 1. The van der Waals surface area contributed by atoms with Crippen LogP contribution in [0.2, 0.25) is 0 Å². The zero-order valence-corrected chi connectivity index (χ0v) is 16.4. The van der Waals surface area contributed by atoms with Gasteiger partial charge in [0.1, 0.15) is 36.0 Å². The number of H-pyrrole nitrogens is 1. The van der Waals surface area contributed by atoms with E-state index in [-0.39, 0.29) is 29.2 Å². The number of aromatic amines is 1. The summed E-state index contributed by atoms with van der Waals surface area (Å²) >= 11 is 0. The number of β-amino-alcohol motifs (C(OH)–C–C–N with tert-alkyl or cyclic N) is 1. The highest BCUT2D eigenvalue weighted by atomic mass is 16.5. The van der Waals surface area contributed by atoms with E-state index in [0.717, 1.165) is 22.9 Å². The zero-order chi connectivity index (χ0) is 21.0. The van der Waals surface area contributed by atoms with E-state index >= 15 is 0 Å². The normalized spacial score (nSPS) is 12.6. The lowest BCUT2D eigenvalue weighted by atomic mass is 9.94. The van der Waals surface area contributed by atoms with Gasteiger partial charge in [-0.05, 0) is 50.1 Å². The number of aromatic hydroxyl groups is 2. The average molecular weight is 395 g/mol. The van der Waals surface area contributed by atoms with Crippen molar-refractivity contribution in [2.45, 2.75) is 31.9 Å². The lowest BCUT2D eigenvalue weighted by Crippen LogP contribution is -2.46. The molecule has 0 aliphatic carbocycles. The maximum atomic E-state index is 10.3. The first-order valence-electron chi connectivity index (χ1n) is 9.35. The lowest BCUT2D eigenvalue weighted by molar-refractivity contribution is 0.0987. The second kappa shape index (κ2) is 8.43. The summed E-state index contributed by atoms with van der Waals surface area (Å²) in [5.74, 6) is 0.538. The van der Waals surface area contributed by atoms with Crippen LogP contribution in [0.4, 0.5) is 0 Å². The van der Waals surface area contributed by atoms with Gasteiger partial charge in [0.2, 0.25) is 0 Å². The fourth-order valence-corrected chi connectivity index (χ4v) is 3.23. The number of aromatic nitrogens is 1. The molecule has 1 atom stereocenters. The van der Waals surface area contributed by atoms with Crippen LogP contribution in [0, 0.1) is 11.3 Å². The van der Waals surface area contributed by atoms with E-state index in [1.807, 2.05) is 32.2 Å². The molecule has 0 saturated heterocycles. The number of rotatable bonds is 8. The topological polar surface area (TPSA) is 122 Å². The molecule has 0 bridgehead atoms. The highest BCUT2D eigenvalue weighted by molar-refractivity contribution is 5.84. The molecular weight excluding hydrogens is 370 g/mol. The van der Waals surface area contributed by atoms with Gasteiger partial charge in [-0.15, -0.1) is 0 Å². The van der Waals surface area contributed by atoms with Crippen molar-refractivity contribution >= 4 is 10.9 Å². The van der Waals surface area contributed by atoms with E-state index in [1.165, 1.54) is 18.2 Å². The van der Waals surface area contributed by atoms with Crippen LogP contribution in [-0.4, -0.2) is 45.1 Å². The van der Waals surface area contributed by atoms with Crippen molar-refractivity contribution in [1.82, 2.24) is 10.3 Å². The molecule has 152 valence electrons. The predicted molar refractivity (Wildman–Crippen MR) is 110 cm³/mol. The minimum absolute atomic E-state index is 0.00893. The summed E-state index contributed by atoms with van der Waals surface area (Å²) in [5.41, 5.74) is 1.93. The Labute approximate surface area is 169 Å². The van der Waals surface area contributed by atoms with Crippen LogP contribution in [0.25, 0.3) is 10.9 Å². The van der Waals surface area contributed by atoms with Gasteiger partial charge in [-0.3, -0.25) is 0 Å². The SMILES string of the molecule is CC(C)(Cc1c[nH]c2cc(O)ccc12)NCC(O)COc1ccc(O)cc1C#N. The van der Waals surface area contributed by atoms with Gasteiger partial charge in [0.25, 0.3) is 0 Å². The van der Waals surface area contributed by atoms with Gasteiger partial charge >= 0.3 is 0 Å². The van der Waals surface area contributed by atoms with E-state index in [2.05, 4.69) is 10.3 Å². The third-order valence-electron chi connectivity index (χ3n) is 4.71. The van der Waals surface area contributed by atoms with Gasteiger partial charge in [0.15, 0.2) is 0 Å². The number of fused-ring (bicyclic) bond motifs is 1. The molecule has 0 fully saturated rings. The second-order valence-electron chi connectivity index (χ2n) is 7.74. The largest absolute Gasteiger partial charge is 0.508 e. The number of nitrogens with zero attached hydrogens (tertiary/aromatic N) is 1. The Hall–Kier alpha value is -3.21. The number of hydrogen-bond acceptors (Lipinski definition) is 6. The molecule has 7 nitrogen and oxygen atoms in total. The van der Waals surface area contributed by atoms with Crippen molar-refractivity contribution in [3.8, 4) is 23.3 Å². The summed E-state index contributed by atoms with van der Waals surface area (Å²) in [6, 6.07) is 11.5. The minimum Gasteiger partial charge on any atom is -0.508 e. The number of phenols is 2. The molecule has 0 saturated carbocycles. The summed E-state index contributed by atoms with van der Waals surface area (Å²) in [7, 11) is 0. The van der Waals surface area contributed by atoms with Gasteiger partial charge in [-0.2, -0.15) is 5.26 Å². The van der Waals surface area contributed by atoms with E-state index in [1.54, 1.807) is 12.1 Å². The van der Waals surface area contributed by atoms with E-state index in [4.69, 9.17) is 10.00 Å². The smallest absolute Gasteiger partial charge is 0.137 e. The monoisotopic (exact) mass is 395 g/mol. The summed E-state index contributed by atoms with van der Waals surface area (Å²) in [6.07, 6.45) is 1.89. The standard InChI is InChI=1S/C22H25N3O4/c1-22(2,9-15-11-24-20-8-17(27)3-5-19(15)20)25-12-18(28)13-29-21-6-4-16(26)7-14(21)10-23/h3-8,11,18,24-28H,9,12-13H2,1-2H3. The third kappa shape index (κ3) is 5.19. The molecule has 0 radical (unpaired) electrons. The summed E-state index contributed by atoms with van der Waals surface area (Å²) in [4.78, 5) is 3.17. The molecule has 2 aromatic carbocycles. The second-order valence-corrected chi connectivity index (χ2v) is 7.74. The number of ether oxygens (including phenoxy) is 1. The number of phenolic OH excluding ortho intramolecular Hbond substituents is 2. The summed E-state index contributed by atoms with van der Waals surface area (Å²) in [6.45, 7) is 4.44. The van der Waals surface area contributed by atoms with Crippen molar-refractivity contribution < 1.29 is 20.1 Å². The van der Waals surface area contributed by atoms with Gasteiger partial charge in [-0.25, -0.2) is 0 Å². The Kier molecular flexibility index (Phi) is 5.97. The molecule has 1 aromatic heterocycles. The van der Waals surface area contributed by atoms with E-state index in [9.17, 15) is 15.3 Å². The molecule has 29 heavy (non-hydrogen) atoms. The van der Waals surface area contributed by atoms with Crippen LogP contribution in [-0.2, 0) is 6.42 Å². The zero-order valence-electron chi connectivity index (χ0n) is 16.4. The average Bonchev–Trinajstić information content (AvgIpc) is 3.06. The highest BCUT2D eigenvalue weighted by Gasteiger charge is 2.21. The third-order valence-corrected chi connectivity index (χ3v) is 4.71. The van der Waals surface area contributed by atoms with Crippen LogP contribution >= 0.6 is 0 Å². The maximum absolute atomic E-state index is 10.3. The van der Waals surface area contributed by atoms with Gasteiger partial charge < -0.3 is 30.4 Å². The first-order chi connectivity index (χ1) is 13.8. The Morgan fingerprint density at radius 3 is 2.66 bits per heavy atom. The minimum atomic E-state index is -0.769. The molecule has 1 unspecified atom stereocenters. The lowest BCUT2D eigenvalue weighted by Gasteiger charge is -2.28. The molecular formula is C22H25N3O4. The Bertz CT molecular complexity index is 1040.